The fraction of sp³-hybridized carbons (Fsp3) is 0.143. The summed E-state index contributed by atoms with van der Waals surface area (Å²) in [6.45, 7) is 0. The van der Waals surface area contributed by atoms with Crippen molar-refractivity contribution in [1.29, 1.82) is 0 Å². The van der Waals surface area contributed by atoms with Crippen LogP contribution in [0.3, 0.4) is 0 Å². The maximum Gasteiger partial charge on any atom is 1.00 e. The predicted octanol–water partition coefficient (Wildman–Crippen LogP) is -1.30. The molecule has 6 heteroatoms. The van der Waals surface area contributed by atoms with Crippen LogP contribution in [-0.4, -0.2) is 15.9 Å². The molecular formula is C7H6BrNaO3S. The Bertz CT molecular complexity index is 319. The van der Waals surface area contributed by atoms with Gasteiger partial charge in [-0.05, 0) is 45.2 Å². The van der Waals surface area contributed by atoms with E-state index < -0.39 is 11.1 Å². The second kappa shape index (κ2) is 6.16. The first kappa shape index (κ1) is 13.6. The zero-order chi connectivity index (χ0) is 9.14. The summed E-state index contributed by atoms with van der Waals surface area (Å²) in [6.07, 6.45) is 0. The molecule has 0 heterocycles. The normalized spacial score (nSPS) is 11.6. The number of benzene rings is 1. The number of hydrogen-bond donors (Lipinski definition) is 0. The minimum atomic E-state index is -2.23. The molecule has 66 valence electrons. The maximum atomic E-state index is 10.6. The first-order valence-corrected chi connectivity index (χ1v) is 4.94. The van der Waals surface area contributed by atoms with Gasteiger partial charge in [0.1, 0.15) is 5.75 Å². The third-order valence-electron chi connectivity index (χ3n) is 1.32. The van der Waals surface area contributed by atoms with Gasteiger partial charge in [-0.2, -0.15) is 0 Å². The van der Waals surface area contributed by atoms with Crippen LogP contribution in [0.25, 0.3) is 0 Å². The van der Waals surface area contributed by atoms with Gasteiger partial charge in [0.05, 0.1) is 7.11 Å². The van der Waals surface area contributed by atoms with Crippen LogP contribution < -0.4 is 34.3 Å². The molecule has 0 saturated carbocycles. The Morgan fingerprint density at radius 1 is 1.54 bits per heavy atom. The molecule has 0 aliphatic heterocycles. The van der Waals surface area contributed by atoms with Crippen molar-refractivity contribution in [2.24, 2.45) is 0 Å². The van der Waals surface area contributed by atoms with Crippen LogP contribution in [-0.2, 0) is 11.1 Å². The molecule has 0 aliphatic rings. The first-order chi connectivity index (χ1) is 5.65. The summed E-state index contributed by atoms with van der Waals surface area (Å²) in [5.41, 5.74) is 0. The van der Waals surface area contributed by atoms with Crippen molar-refractivity contribution in [1.82, 2.24) is 0 Å². The molecule has 1 atom stereocenters. The van der Waals surface area contributed by atoms with Gasteiger partial charge in [0.15, 0.2) is 0 Å². The smallest absolute Gasteiger partial charge is 0.768 e. The summed E-state index contributed by atoms with van der Waals surface area (Å²) in [5.74, 6) is 0.525. The zero-order valence-corrected chi connectivity index (χ0v) is 11.6. The van der Waals surface area contributed by atoms with E-state index in [1.807, 2.05) is 0 Å². The average Bonchev–Trinajstić information content (AvgIpc) is 2.05. The van der Waals surface area contributed by atoms with E-state index in [0.29, 0.717) is 10.2 Å². The standard InChI is InChI=1S/C7H7BrO3S.Na/c1-11-5-2-3-6(8)7(4-5)12(9)10;/h2-4H,1H3,(H,9,10);/q;+1/p-1. The van der Waals surface area contributed by atoms with Crippen LogP contribution in [0.1, 0.15) is 0 Å². The molecule has 0 amide bonds. The molecule has 0 saturated heterocycles. The van der Waals surface area contributed by atoms with Crippen LogP contribution in [0, 0.1) is 0 Å². The molecule has 1 aromatic carbocycles. The number of hydrogen-bond acceptors (Lipinski definition) is 3. The van der Waals surface area contributed by atoms with E-state index >= 15 is 0 Å². The Hall–Kier alpha value is 0.610. The molecule has 0 bridgehead atoms. The van der Waals surface area contributed by atoms with Gasteiger partial charge < -0.3 is 9.29 Å². The predicted molar refractivity (Wildman–Crippen MR) is 47.9 cm³/mol. The largest absolute Gasteiger partial charge is 1.00 e. The topological polar surface area (TPSA) is 49.4 Å². The number of methoxy groups -OCH3 is 1. The molecule has 13 heavy (non-hydrogen) atoms. The summed E-state index contributed by atoms with van der Waals surface area (Å²) in [6, 6.07) is 4.76. The van der Waals surface area contributed by atoms with E-state index in [0.717, 1.165) is 0 Å². The molecule has 0 N–H and O–H groups in total. The molecule has 0 aromatic heterocycles. The van der Waals surface area contributed by atoms with Crippen molar-refractivity contribution < 1.29 is 43.1 Å². The van der Waals surface area contributed by atoms with Gasteiger partial charge in [0.2, 0.25) is 0 Å². The SMILES string of the molecule is COc1ccc(Br)c(S(=O)[O-])c1.[Na+]. The summed E-state index contributed by atoms with van der Waals surface area (Å²) in [7, 11) is 1.49. The second-order valence-electron chi connectivity index (χ2n) is 2.03. The van der Waals surface area contributed by atoms with Crippen molar-refractivity contribution in [3.8, 4) is 5.75 Å². The van der Waals surface area contributed by atoms with Crippen molar-refractivity contribution in [3.63, 3.8) is 0 Å². The maximum absolute atomic E-state index is 10.6. The number of rotatable bonds is 2. The van der Waals surface area contributed by atoms with E-state index in [1.54, 1.807) is 12.1 Å². The number of halogens is 1. The van der Waals surface area contributed by atoms with E-state index in [4.69, 9.17) is 4.74 Å². The summed E-state index contributed by atoms with van der Waals surface area (Å²) in [5, 5.41) is 0. The van der Waals surface area contributed by atoms with Crippen LogP contribution in [0.4, 0.5) is 0 Å². The van der Waals surface area contributed by atoms with Crippen molar-refractivity contribution in [2.45, 2.75) is 4.90 Å². The van der Waals surface area contributed by atoms with Gasteiger partial charge in [0, 0.05) is 9.37 Å². The van der Waals surface area contributed by atoms with Gasteiger partial charge >= 0.3 is 29.6 Å². The Labute approximate surface area is 110 Å². The Morgan fingerprint density at radius 3 is 2.62 bits per heavy atom. The van der Waals surface area contributed by atoms with Gasteiger partial charge in [0.25, 0.3) is 0 Å². The van der Waals surface area contributed by atoms with Crippen LogP contribution in [0.5, 0.6) is 5.75 Å². The molecule has 3 nitrogen and oxygen atoms in total. The van der Waals surface area contributed by atoms with Crippen LogP contribution >= 0.6 is 15.9 Å². The third-order valence-corrected chi connectivity index (χ3v) is 2.97. The van der Waals surface area contributed by atoms with Crippen LogP contribution in [0.2, 0.25) is 0 Å². The molecular weight excluding hydrogens is 267 g/mol. The van der Waals surface area contributed by atoms with Crippen LogP contribution in [0.15, 0.2) is 27.6 Å². The van der Waals surface area contributed by atoms with Crippen molar-refractivity contribution in [3.05, 3.63) is 22.7 Å². The minimum Gasteiger partial charge on any atom is -0.768 e. The van der Waals surface area contributed by atoms with Gasteiger partial charge in [-0.3, -0.25) is 4.21 Å². The molecule has 1 rings (SSSR count). The first-order valence-electron chi connectivity index (χ1n) is 3.08. The van der Waals surface area contributed by atoms with E-state index in [-0.39, 0.29) is 34.5 Å². The molecule has 0 fully saturated rings. The molecule has 0 spiro atoms. The van der Waals surface area contributed by atoms with E-state index in [9.17, 15) is 8.76 Å². The quantitative estimate of drug-likeness (QED) is 0.497. The Kier molecular flexibility index (Phi) is 6.45. The fourth-order valence-electron chi connectivity index (χ4n) is 0.738. The molecule has 1 aromatic rings. The summed E-state index contributed by atoms with van der Waals surface area (Å²) < 4.78 is 26.6. The minimum absolute atomic E-state index is 0. The van der Waals surface area contributed by atoms with Gasteiger partial charge in [-0.1, -0.05) is 0 Å². The second-order valence-corrected chi connectivity index (χ2v) is 3.79. The van der Waals surface area contributed by atoms with Crippen molar-refractivity contribution in [2.75, 3.05) is 7.11 Å². The fourth-order valence-corrected chi connectivity index (χ4v) is 1.82. The van der Waals surface area contributed by atoms with E-state index in [1.165, 1.54) is 13.2 Å². The average molecular weight is 273 g/mol. The monoisotopic (exact) mass is 272 g/mol. The summed E-state index contributed by atoms with van der Waals surface area (Å²) in [4.78, 5) is 0.203. The Morgan fingerprint density at radius 2 is 2.15 bits per heavy atom. The number of ether oxygens (including phenoxy) is 1. The summed E-state index contributed by atoms with van der Waals surface area (Å²) >= 11 is 0.882. The molecule has 1 unspecified atom stereocenters. The van der Waals surface area contributed by atoms with E-state index in [2.05, 4.69) is 15.9 Å². The van der Waals surface area contributed by atoms with Gasteiger partial charge in [-0.25, -0.2) is 0 Å². The zero-order valence-electron chi connectivity index (χ0n) is 7.24. The Balaban J connectivity index is 0.00000144. The molecule has 0 radical (unpaired) electrons. The molecule has 0 aliphatic carbocycles. The van der Waals surface area contributed by atoms with Gasteiger partial charge in [-0.15, -0.1) is 0 Å². The van der Waals surface area contributed by atoms with Crippen molar-refractivity contribution >= 4 is 27.0 Å². The third kappa shape index (κ3) is 3.69.